The van der Waals surface area contributed by atoms with Crippen LogP contribution in [0.3, 0.4) is 0 Å². The fourth-order valence-corrected chi connectivity index (χ4v) is 4.28. The minimum atomic E-state index is -3.76. The normalized spacial score (nSPS) is 12.0. The maximum absolute atomic E-state index is 12.4. The molecule has 0 spiro atoms. The Balaban J connectivity index is 1.71. The van der Waals surface area contributed by atoms with Crippen molar-refractivity contribution in [3.8, 4) is 0 Å². The van der Waals surface area contributed by atoms with Gasteiger partial charge in [-0.05, 0) is 48.0 Å². The van der Waals surface area contributed by atoms with Crippen LogP contribution in [0.5, 0.6) is 0 Å². The molecule has 28 heavy (non-hydrogen) atoms. The van der Waals surface area contributed by atoms with Crippen LogP contribution < -0.4 is 9.44 Å². The molecule has 0 aliphatic carbocycles. The molecule has 0 aromatic heterocycles. The molecule has 144 valence electrons. The SMILES string of the molecule is O=S(=O)(C=Cc1ccccc1)Nc1ccc(S(=O)(=O)Nc2ccccc2)cc1. The molecular formula is C20H18N2O4S2. The summed E-state index contributed by atoms with van der Waals surface area (Å²) in [6.45, 7) is 0. The third-order valence-electron chi connectivity index (χ3n) is 3.69. The summed E-state index contributed by atoms with van der Waals surface area (Å²) < 4.78 is 54.0. The van der Waals surface area contributed by atoms with Crippen LogP contribution in [-0.2, 0) is 20.0 Å². The fraction of sp³-hybridized carbons (Fsp3) is 0. The van der Waals surface area contributed by atoms with Gasteiger partial charge in [-0.25, -0.2) is 16.8 Å². The molecule has 0 amide bonds. The van der Waals surface area contributed by atoms with E-state index in [4.69, 9.17) is 0 Å². The van der Waals surface area contributed by atoms with E-state index in [-0.39, 0.29) is 10.6 Å². The number of benzene rings is 3. The van der Waals surface area contributed by atoms with Crippen LogP contribution in [0.2, 0.25) is 0 Å². The molecular weight excluding hydrogens is 396 g/mol. The van der Waals surface area contributed by atoms with Gasteiger partial charge in [0.25, 0.3) is 20.0 Å². The van der Waals surface area contributed by atoms with Crippen molar-refractivity contribution in [3.05, 3.63) is 95.9 Å². The maximum atomic E-state index is 12.4. The molecule has 0 atom stereocenters. The smallest absolute Gasteiger partial charge is 0.261 e. The van der Waals surface area contributed by atoms with Crippen molar-refractivity contribution in [1.82, 2.24) is 0 Å². The summed E-state index contributed by atoms with van der Waals surface area (Å²) in [7, 11) is -7.49. The van der Waals surface area contributed by atoms with E-state index < -0.39 is 20.0 Å². The fourth-order valence-electron chi connectivity index (χ4n) is 2.35. The first-order valence-electron chi connectivity index (χ1n) is 8.28. The van der Waals surface area contributed by atoms with Crippen molar-refractivity contribution in [2.75, 3.05) is 9.44 Å². The highest BCUT2D eigenvalue weighted by molar-refractivity contribution is 7.95. The molecule has 0 bridgehead atoms. The Morgan fingerprint density at radius 3 is 1.75 bits per heavy atom. The van der Waals surface area contributed by atoms with Gasteiger partial charge in [0, 0.05) is 11.4 Å². The van der Waals surface area contributed by atoms with Crippen LogP contribution >= 0.6 is 0 Å². The number of hydrogen-bond donors (Lipinski definition) is 2. The number of sulfonamides is 2. The molecule has 0 saturated heterocycles. The summed E-state index contributed by atoms with van der Waals surface area (Å²) in [5, 5.41) is 1.06. The summed E-state index contributed by atoms with van der Waals surface area (Å²) in [6, 6.07) is 23.0. The predicted molar refractivity (Wildman–Crippen MR) is 112 cm³/mol. The zero-order chi connectivity index (χ0) is 20.0. The molecule has 3 aromatic rings. The molecule has 6 nitrogen and oxygen atoms in total. The number of rotatable bonds is 7. The minimum absolute atomic E-state index is 0.0270. The third-order valence-corrected chi connectivity index (χ3v) is 6.10. The zero-order valence-electron chi connectivity index (χ0n) is 14.7. The largest absolute Gasteiger partial charge is 0.280 e. The first-order chi connectivity index (χ1) is 13.3. The van der Waals surface area contributed by atoms with E-state index in [0.717, 1.165) is 11.0 Å². The van der Waals surface area contributed by atoms with Gasteiger partial charge in [-0.15, -0.1) is 0 Å². The van der Waals surface area contributed by atoms with Crippen LogP contribution in [0, 0.1) is 0 Å². The second-order valence-electron chi connectivity index (χ2n) is 5.86. The molecule has 2 N–H and O–H groups in total. The standard InChI is InChI=1S/C20H18N2O4S2/c23-27(24,16-15-17-7-3-1-4-8-17)21-19-11-13-20(14-12-19)28(25,26)22-18-9-5-2-6-10-18/h1-16,21-22H. The lowest BCUT2D eigenvalue weighted by atomic mass is 10.2. The second kappa shape index (κ2) is 8.28. The van der Waals surface area contributed by atoms with Crippen molar-refractivity contribution in [1.29, 1.82) is 0 Å². The van der Waals surface area contributed by atoms with Crippen molar-refractivity contribution in [2.45, 2.75) is 4.90 Å². The summed E-state index contributed by atoms with van der Waals surface area (Å²) in [5.74, 6) is 0. The lowest BCUT2D eigenvalue weighted by Crippen LogP contribution is -2.13. The van der Waals surface area contributed by atoms with E-state index in [0.29, 0.717) is 5.69 Å². The highest BCUT2D eigenvalue weighted by Crippen LogP contribution is 2.19. The van der Waals surface area contributed by atoms with Gasteiger partial charge in [0.05, 0.1) is 10.3 Å². The number of para-hydroxylation sites is 1. The van der Waals surface area contributed by atoms with Crippen molar-refractivity contribution >= 4 is 37.5 Å². The molecule has 8 heteroatoms. The average Bonchev–Trinajstić information content (AvgIpc) is 2.68. The number of anilines is 2. The molecule has 0 radical (unpaired) electrons. The maximum Gasteiger partial charge on any atom is 0.261 e. The van der Waals surface area contributed by atoms with Gasteiger partial charge in [-0.3, -0.25) is 9.44 Å². The Morgan fingerprint density at radius 1 is 0.607 bits per heavy atom. The van der Waals surface area contributed by atoms with E-state index in [1.807, 2.05) is 18.2 Å². The van der Waals surface area contributed by atoms with E-state index in [9.17, 15) is 16.8 Å². The lowest BCUT2D eigenvalue weighted by molar-refractivity contribution is 0.601. The summed E-state index contributed by atoms with van der Waals surface area (Å²) in [5.41, 5.74) is 1.45. The first-order valence-corrected chi connectivity index (χ1v) is 11.3. The highest BCUT2D eigenvalue weighted by Gasteiger charge is 2.14. The monoisotopic (exact) mass is 414 g/mol. The molecule has 0 aliphatic heterocycles. The Morgan fingerprint density at radius 2 is 1.14 bits per heavy atom. The molecule has 0 saturated carbocycles. The molecule has 0 heterocycles. The van der Waals surface area contributed by atoms with Crippen LogP contribution in [0.15, 0.2) is 95.2 Å². The third kappa shape index (κ3) is 5.45. The van der Waals surface area contributed by atoms with Crippen LogP contribution in [0.25, 0.3) is 6.08 Å². The topological polar surface area (TPSA) is 92.3 Å². The number of nitrogens with one attached hydrogen (secondary N) is 2. The van der Waals surface area contributed by atoms with Gasteiger partial charge in [0.2, 0.25) is 0 Å². The van der Waals surface area contributed by atoms with Crippen molar-refractivity contribution in [3.63, 3.8) is 0 Å². The first kappa shape index (κ1) is 19.7. The Hall–Kier alpha value is -3.10. The van der Waals surface area contributed by atoms with Crippen molar-refractivity contribution < 1.29 is 16.8 Å². The van der Waals surface area contributed by atoms with Crippen molar-refractivity contribution in [2.24, 2.45) is 0 Å². The molecule has 3 rings (SSSR count). The molecule has 0 fully saturated rings. The summed E-state index contributed by atoms with van der Waals surface area (Å²) in [6.07, 6.45) is 1.48. The second-order valence-corrected chi connectivity index (χ2v) is 9.11. The van der Waals surface area contributed by atoms with Gasteiger partial charge in [0.15, 0.2) is 0 Å². The average molecular weight is 415 g/mol. The molecule has 0 aliphatic rings. The van der Waals surface area contributed by atoms with E-state index in [1.165, 1.54) is 30.3 Å². The molecule has 3 aromatic carbocycles. The summed E-state index contributed by atoms with van der Waals surface area (Å²) in [4.78, 5) is 0.0270. The highest BCUT2D eigenvalue weighted by atomic mass is 32.2. The quantitative estimate of drug-likeness (QED) is 0.613. The van der Waals surface area contributed by atoms with Gasteiger partial charge < -0.3 is 0 Å². The predicted octanol–water partition coefficient (Wildman–Crippen LogP) is 3.90. The molecule has 0 unspecified atom stereocenters. The zero-order valence-corrected chi connectivity index (χ0v) is 16.3. The van der Waals surface area contributed by atoms with E-state index in [2.05, 4.69) is 9.44 Å². The lowest BCUT2D eigenvalue weighted by Gasteiger charge is -2.09. The minimum Gasteiger partial charge on any atom is -0.280 e. The Bertz CT molecular complexity index is 1160. The van der Waals surface area contributed by atoms with Gasteiger partial charge in [-0.1, -0.05) is 48.5 Å². The van der Waals surface area contributed by atoms with E-state index in [1.54, 1.807) is 42.5 Å². The Labute approximate surface area is 164 Å². The van der Waals surface area contributed by atoms with Gasteiger partial charge in [-0.2, -0.15) is 0 Å². The van der Waals surface area contributed by atoms with Crippen LogP contribution in [0.1, 0.15) is 5.56 Å². The van der Waals surface area contributed by atoms with Crippen LogP contribution in [0.4, 0.5) is 11.4 Å². The van der Waals surface area contributed by atoms with Gasteiger partial charge >= 0.3 is 0 Å². The van der Waals surface area contributed by atoms with E-state index >= 15 is 0 Å². The summed E-state index contributed by atoms with van der Waals surface area (Å²) >= 11 is 0. The Kier molecular flexibility index (Phi) is 5.81. The number of hydrogen-bond acceptors (Lipinski definition) is 4. The van der Waals surface area contributed by atoms with Gasteiger partial charge in [0.1, 0.15) is 0 Å². The van der Waals surface area contributed by atoms with Crippen LogP contribution in [-0.4, -0.2) is 16.8 Å².